The summed E-state index contributed by atoms with van der Waals surface area (Å²) in [6.45, 7) is 4.55. The first-order chi connectivity index (χ1) is 16.7. The topological polar surface area (TPSA) is 41.5 Å². The molecule has 206 valence electrons. The number of hydrogen-bond acceptors (Lipinski definition) is 3. The Morgan fingerprint density at radius 3 is 1.09 bits per heavy atom. The van der Waals surface area contributed by atoms with Gasteiger partial charge in [0.25, 0.3) is 0 Å². The average molecular weight is 503 g/mol. The van der Waals surface area contributed by atoms with Gasteiger partial charge >= 0.3 is 0 Å². The molecular weight excluding hydrogens is 440 g/mol. The molecule has 0 aromatic heterocycles. The predicted octanol–water partition coefficient (Wildman–Crippen LogP) is 9.39. The maximum atomic E-state index is 12.4. The Morgan fingerprint density at radius 2 is 0.765 bits per heavy atom. The highest BCUT2D eigenvalue weighted by Gasteiger charge is 2.13. The molecule has 4 heteroatoms. The molecule has 0 saturated carbocycles. The van der Waals surface area contributed by atoms with E-state index in [0.717, 1.165) is 50.0 Å². The molecule has 0 aliphatic rings. The van der Waals surface area contributed by atoms with Gasteiger partial charge < -0.3 is 14.0 Å². The van der Waals surface area contributed by atoms with Crippen molar-refractivity contribution in [2.75, 3.05) is 25.7 Å². The maximum absolute atomic E-state index is 12.4. The first-order valence-electron chi connectivity index (χ1n) is 15.1. The summed E-state index contributed by atoms with van der Waals surface area (Å²) in [7, 11) is 3.67. The highest BCUT2D eigenvalue weighted by atomic mass is 32.2. The summed E-state index contributed by atoms with van der Waals surface area (Å²) in [5, 5.41) is 0. The van der Waals surface area contributed by atoms with Crippen LogP contribution >= 0.6 is 0 Å². The molecule has 0 N–H and O–H groups in total. The van der Waals surface area contributed by atoms with E-state index in [-0.39, 0.29) is 0 Å². The van der Waals surface area contributed by atoms with E-state index in [1.54, 1.807) is 0 Å². The Hall–Kier alpha value is 0.230. The van der Waals surface area contributed by atoms with Crippen molar-refractivity contribution < 1.29 is 14.0 Å². The monoisotopic (exact) mass is 502 g/mol. The van der Waals surface area contributed by atoms with Crippen LogP contribution in [0, 0.1) is 0 Å². The normalized spacial score (nSPS) is 14.4. The molecular formula is C30H62O3S. The Bertz CT molecular complexity index is 346. The quantitative estimate of drug-likeness (QED) is 0.0790. The van der Waals surface area contributed by atoms with Crippen LogP contribution < -0.4 is 0 Å². The van der Waals surface area contributed by atoms with Crippen molar-refractivity contribution in [1.82, 2.24) is 0 Å². The first-order valence-corrected chi connectivity index (χ1v) is 16.6. The van der Waals surface area contributed by atoms with Gasteiger partial charge in [-0.05, 0) is 38.5 Å². The molecule has 2 unspecified atom stereocenters. The number of methoxy groups -OCH3 is 2. The van der Waals surface area contributed by atoms with E-state index < -0.39 is 11.2 Å². The summed E-state index contributed by atoms with van der Waals surface area (Å²) in [5.41, 5.74) is 0. The fourth-order valence-electron chi connectivity index (χ4n) is 4.82. The molecule has 2 atom stereocenters. The molecule has 0 aliphatic heterocycles. The van der Waals surface area contributed by atoms with Crippen molar-refractivity contribution in [2.45, 2.75) is 167 Å². The summed E-state index contributed by atoms with van der Waals surface area (Å²) in [6.07, 6.45) is 28.9. The van der Waals surface area contributed by atoms with Crippen molar-refractivity contribution in [2.24, 2.45) is 0 Å². The van der Waals surface area contributed by atoms with Gasteiger partial charge in [0.2, 0.25) is 0 Å². The summed E-state index contributed by atoms with van der Waals surface area (Å²) in [6, 6.07) is 0. The summed E-state index contributed by atoms with van der Waals surface area (Å²) in [4.78, 5) is 0. The Balaban J connectivity index is 3.65. The second-order valence-corrected chi connectivity index (χ2v) is 12.1. The lowest BCUT2D eigenvalue weighted by Crippen LogP contribution is -2.17. The van der Waals surface area contributed by atoms with Crippen molar-refractivity contribution in [3.05, 3.63) is 0 Å². The molecule has 0 saturated heterocycles. The SMILES string of the molecule is CCCCCCCCCCC(CCC[S+]([O-])CCCC(CCCCCCCCCC)OC)OC. The second-order valence-electron chi connectivity index (χ2n) is 10.4. The van der Waals surface area contributed by atoms with Gasteiger partial charge in [-0.3, -0.25) is 0 Å². The van der Waals surface area contributed by atoms with E-state index in [0.29, 0.717) is 12.2 Å². The van der Waals surface area contributed by atoms with Crippen LogP contribution in [0.4, 0.5) is 0 Å². The second kappa shape index (κ2) is 27.8. The molecule has 0 amide bonds. The van der Waals surface area contributed by atoms with Crippen LogP contribution in [0.2, 0.25) is 0 Å². The minimum Gasteiger partial charge on any atom is -0.616 e. The van der Waals surface area contributed by atoms with E-state index >= 15 is 0 Å². The molecule has 0 spiro atoms. The molecule has 0 radical (unpaired) electrons. The van der Waals surface area contributed by atoms with Crippen LogP contribution in [0.15, 0.2) is 0 Å². The minimum atomic E-state index is -0.694. The molecule has 0 aromatic carbocycles. The fourth-order valence-corrected chi connectivity index (χ4v) is 6.00. The Labute approximate surface area is 218 Å². The van der Waals surface area contributed by atoms with Crippen LogP contribution in [0.5, 0.6) is 0 Å². The third-order valence-corrected chi connectivity index (χ3v) is 8.71. The number of unbranched alkanes of at least 4 members (excludes halogenated alkanes) is 14. The fraction of sp³-hybridized carbons (Fsp3) is 1.00. The third kappa shape index (κ3) is 23.9. The lowest BCUT2D eigenvalue weighted by molar-refractivity contribution is 0.0848. The van der Waals surface area contributed by atoms with E-state index in [9.17, 15) is 4.55 Å². The molecule has 0 rings (SSSR count). The Morgan fingerprint density at radius 1 is 0.471 bits per heavy atom. The lowest BCUT2D eigenvalue weighted by atomic mass is 10.0. The molecule has 0 fully saturated rings. The van der Waals surface area contributed by atoms with E-state index in [1.807, 2.05) is 14.2 Å². The number of hydrogen-bond donors (Lipinski definition) is 0. The molecule has 34 heavy (non-hydrogen) atoms. The minimum absolute atomic E-state index is 0.349. The van der Waals surface area contributed by atoms with E-state index in [4.69, 9.17) is 9.47 Å². The van der Waals surface area contributed by atoms with Gasteiger partial charge in [0.1, 0.15) is 11.5 Å². The van der Waals surface area contributed by atoms with Crippen LogP contribution in [0.25, 0.3) is 0 Å². The van der Waals surface area contributed by atoms with Gasteiger partial charge in [-0.15, -0.1) is 0 Å². The van der Waals surface area contributed by atoms with Crippen molar-refractivity contribution in [3.63, 3.8) is 0 Å². The van der Waals surface area contributed by atoms with Gasteiger partial charge in [-0.1, -0.05) is 128 Å². The van der Waals surface area contributed by atoms with Crippen LogP contribution in [-0.4, -0.2) is 42.5 Å². The number of rotatable bonds is 28. The van der Waals surface area contributed by atoms with E-state index in [1.165, 1.54) is 103 Å². The summed E-state index contributed by atoms with van der Waals surface area (Å²) in [5.74, 6) is 1.65. The molecule has 0 heterocycles. The number of ether oxygens (including phenoxy) is 2. The predicted molar refractivity (Wildman–Crippen MR) is 152 cm³/mol. The Kier molecular flexibility index (Phi) is 28.0. The van der Waals surface area contributed by atoms with Gasteiger partial charge in [0, 0.05) is 14.2 Å². The maximum Gasteiger partial charge on any atom is 0.105 e. The van der Waals surface area contributed by atoms with Crippen molar-refractivity contribution >= 4 is 11.2 Å². The van der Waals surface area contributed by atoms with Gasteiger partial charge in [-0.25, -0.2) is 0 Å². The highest BCUT2D eigenvalue weighted by Crippen LogP contribution is 2.17. The van der Waals surface area contributed by atoms with Crippen molar-refractivity contribution in [3.8, 4) is 0 Å². The molecule has 3 nitrogen and oxygen atoms in total. The third-order valence-electron chi connectivity index (χ3n) is 7.22. The zero-order chi connectivity index (χ0) is 25.1. The van der Waals surface area contributed by atoms with Gasteiger partial charge in [-0.2, -0.15) is 0 Å². The average Bonchev–Trinajstić information content (AvgIpc) is 2.84. The molecule has 0 bridgehead atoms. The molecule has 0 aliphatic carbocycles. The zero-order valence-electron chi connectivity index (χ0n) is 23.8. The first kappa shape index (κ1) is 34.2. The summed E-state index contributed by atoms with van der Waals surface area (Å²) < 4.78 is 23.8. The largest absolute Gasteiger partial charge is 0.616 e. The van der Waals surface area contributed by atoms with Crippen LogP contribution in [-0.2, 0) is 20.6 Å². The summed E-state index contributed by atoms with van der Waals surface area (Å²) >= 11 is -0.694. The van der Waals surface area contributed by atoms with Crippen LogP contribution in [0.1, 0.15) is 155 Å². The lowest BCUT2D eigenvalue weighted by Gasteiger charge is -2.18. The zero-order valence-corrected chi connectivity index (χ0v) is 24.6. The smallest absolute Gasteiger partial charge is 0.105 e. The molecule has 0 aromatic rings. The van der Waals surface area contributed by atoms with Crippen LogP contribution in [0.3, 0.4) is 0 Å². The van der Waals surface area contributed by atoms with Crippen molar-refractivity contribution in [1.29, 1.82) is 0 Å². The van der Waals surface area contributed by atoms with Gasteiger partial charge in [0.15, 0.2) is 0 Å². The standard InChI is InChI=1S/C30H62O3S/c1-5-7-9-11-13-15-17-19-23-29(32-3)25-21-27-34(31)28-22-26-30(33-4)24-20-18-16-14-12-10-8-6-2/h29-30H,5-28H2,1-4H3. The van der Waals surface area contributed by atoms with Gasteiger partial charge in [0.05, 0.1) is 12.2 Å². The highest BCUT2D eigenvalue weighted by molar-refractivity contribution is 7.91. The van der Waals surface area contributed by atoms with E-state index in [2.05, 4.69) is 13.8 Å².